The number of fused-ring (bicyclic) bond motifs is 1. The van der Waals surface area contributed by atoms with Gasteiger partial charge in [0.15, 0.2) is 0 Å². The van der Waals surface area contributed by atoms with Gasteiger partial charge >= 0.3 is 0 Å². The quantitative estimate of drug-likeness (QED) is 0.710. The molecule has 2 aliphatic rings. The van der Waals surface area contributed by atoms with Crippen LogP contribution in [-0.2, 0) is 9.53 Å². The maximum atomic E-state index is 12.1. The summed E-state index contributed by atoms with van der Waals surface area (Å²) < 4.78 is 5.26. The number of carbonyl (C=O) groups is 1. The zero-order valence-corrected chi connectivity index (χ0v) is 11.7. The molecule has 2 aliphatic heterocycles. The number of carbonyl (C=O) groups excluding carboxylic acids is 1. The Morgan fingerprint density at radius 3 is 2.94 bits per heavy atom. The summed E-state index contributed by atoms with van der Waals surface area (Å²) in [5.74, 6) is 0.962. The van der Waals surface area contributed by atoms with Crippen molar-refractivity contribution in [2.45, 2.75) is 38.6 Å². The van der Waals surface area contributed by atoms with E-state index in [0.717, 1.165) is 19.5 Å². The van der Waals surface area contributed by atoms with Crippen molar-refractivity contribution in [3.63, 3.8) is 0 Å². The van der Waals surface area contributed by atoms with Crippen molar-refractivity contribution in [2.75, 3.05) is 39.9 Å². The summed E-state index contributed by atoms with van der Waals surface area (Å²) in [6.07, 6.45) is 4.24. The van der Waals surface area contributed by atoms with E-state index in [-0.39, 0.29) is 5.91 Å². The van der Waals surface area contributed by atoms with Gasteiger partial charge in [-0.05, 0) is 45.7 Å². The topological polar surface area (TPSA) is 32.8 Å². The Kier molecular flexibility index (Phi) is 5.01. The fraction of sp³-hybridized carbons (Fsp3) is 0.929. The second-order valence-corrected chi connectivity index (χ2v) is 5.53. The molecule has 1 amide bonds. The second kappa shape index (κ2) is 6.53. The Morgan fingerprint density at radius 2 is 2.17 bits per heavy atom. The van der Waals surface area contributed by atoms with E-state index in [1.54, 1.807) is 0 Å². The van der Waals surface area contributed by atoms with Crippen LogP contribution in [0.3, 0.4) is 0 Å². The van der Waals surface area contributed by atoms with E-state index < -0.39 is 0 Å². The highest BCUT2D eigenvalue weighted by Gasteiger charge is 2.35. The van der Waals surface area contributed by atoms with Crippen molar-refractivity contribution < 1.29 is 9.53 Å². The molecule has 2 saturated heterocycles. The van der Waals surface area contributed by atoms with Crippen molar-refractivity contribution in [3.8, 4) is 0 Å². The Bertz CT molecular complexity index is 283. The van der Waals surface area contributed by atoms with Crippen molar-refractivity contribution in [2.24, 2.45) is 5.92 Å². The summed E-state index contributed by atoms with van der Waals surface area (Å²) in [5, 5.41) is 0. The second-order valence-electron chi connectivity index (χ2n) is 5.53. The summed E-state index contributed by atoms with van der Waals surface area (Å²) in [4.78, 5) is 16.6. The maximum absolute atomic E-state index is 12.1. The van der Waals surface area contributed by atoms with Crippen molar-refractivity contribution in [3.05, 3.63) is 0 Å². The van der Waals surface area contributed by atoms with Gasteiger partial charge in [0.25, 0.3) is 0 Å². The first-order chi connectivity index (χ1) is 8.72. The summed E-state index contributed by atoms with van der Waals surface area (Å²) in [5.41, 5.74) is 0. The SMILES string of the molecule is CCOCCC(=O)N1CC[C@H]2[C@H](CCCN2C)C1. The molecule has 0 aromatic carbocycles. The lowest BCUT2D eigenvalue weighted by molar-refractivity contribution is -0.135. The minimum absolute atomic E-state index is 0.273. The molecule has 0 radical (unpaired) electrons. The maximum Gasteiger partial charge on any atom is 0.224 e. The molecule has 18 heavy (non-hydrogen) atoms. The number of nitrogens with zero attached hydrogens (tertiary/aromatic N) is 2. The lowest BCUT2D eigenvalue weighted by Gasteiger charge is -2.46. The van der Waals surface area contributed by atoms with E-state index in [1.807, 2.05) is 6.92 Å². The molecule has 0 aliphatic carbocycles. The number of amides is 1. The van der Waals surface area contributed by atoms with Gasteiger partial charge in [-0.1, -0.05) is 0 Å². The largest absolute Gasteiger partial charge is 0.381 e. The first-order valence-electron chi connectivity index (χ1n) is 7.28. The lowest BCUT2D eigenvalue weighted by atomic mass is 9.84. The van der Waals surface area contributed by atoms with Crippen LogP contribution < -0.4 is 0 Å². The Labute approximate surface area is 110 Å². The van der Waals surface area contributed by atoms with Gasteiger partial charge < -0.3 is 14.5 Å². The first-order valence-corrected chi connectivity index (χ1v) is 7.28. The van der Waals surface area contributed by atoms with Crippen LogP contribution in [0.2, 0.25) is 0 Å². The van der Waals surface area contributed by atoms with Gasteiger partial charge in [0.05, 0.1) is 13.0 Å². The van der Waals surface area contributed by atoms with E-state index in [0.29, 0.717) is 31.6 Å². The fourth-order valence-electron chi connectivity index (χ4n) is 3.34. The highest BCUT2D eigenvalue weighted by molar-refractivity contribution is 5.76. The van der Waals surface area contributed by atoms with E-state index >= 15 is 0 Å². The number of ether oxygens (including phenoxy) is 1. The molecule has 104 valence electrons. The lowest BCUT2D eigenvalue weighted by Crippen LogP contribution is -2.54. The number of piperidine rings is 2. The van der Waals surface area contributed by atoms with Gasteiger partial charge in [0.2, 0.25) is 5.91 Å². The Balaban J connectivity index is 1.81. The zero-order valence-electron chi connectivity index (χ0n) is 11.7. The highest BCUT2D eigenvalue weighted by Crippen LogP contribution is 2.29. The summed E-state index contributed by atoms with van der Waals surface area (Å²) in [6.45, 7) is 6.34. The third-order valence-corrected chi connectivity index (χ3v) is 4.36. The van der Waals surface area contributed by atoms with Gasteiger partial charge in [-0.2, -0.15) is 0 Å². The summed E-state index contributed by atoms with van der Waals surface area (Å²) in [7, 11) is 2.23. The van der Waals surface area contributed by atoms with Crippen LogP contribution in [0.25, 0.3) is 0 Å². The molecule has 0 unspecified atom stereocenters. The van der Waals surface area contributed by atoms with Crippen LogP contribution in [0.4, 0.5) is 0 Å². The predicted octanol–water partition coefficient (Wildman–Crippen LogP) is 1.36. The molecule has 4 heteroatoms. The average Bonchev–Trinajstić information content (AvgIpc) is 2.39. The number of likely N-dealkylation sites (tertiary alicyclic amines) is 2. The molecule has 0 aromatic heterocycles. The molecule has 0 bridgehead atoms. The van der Waals surface area contributed by atoms with Crippen LogP contribution in [0.15, 0.2) is 0 Å². The molecule has 2 heterocycles. The third kappa shape index (κ3) is 3.23. The standard InChI is InChI=1S/C14H26N2O2/c1-3-18-10-7-14(17)16-9-6-13-12(11-16)5-4-8-15(13)2/h12-13H,3-11H2,1-2H3/t12-,13+/m1/s1. The molecule has 2 fully saturated rings. The van der Waals surface area contributed by atoms with Crippen LogP contribution in [0.1, 0.15) is 32.6 Å². The van der Waals surface area contributed by atoms with Crippen LogP contribution >= 0.6 is 0 Å². The van der Waals surface area contributed by atoms with Crippen molar-refractivity contribution in [1.29, 1.82) is 0 Å². The average molecular weight is 254 g/mol. The molecular weight excluding hydrogens is 228 g/mol. The van der Waals surface area contributed by atoms with Crippen molar-refractivity contribution in [1.82, 2.24) is 9.80 Å². The van der Waals surface area contributed by atoms with Gasteiger partial charge in [0.1, 0.15) is 0 Å². The molecule has 2 rings (SSSR count). The molecule has 0 saturated carbocycles. The van der Waals surface area contributed by atoms with Crippen molar-refractivity contribution >= 4 is 5.91 Å². The monoisotopic (exact) mass is 254 g/mol. The molecule has 4 nitrogen and oxygen atoms in total. The molecular formula is C14H26N2O2. The van der Waals surface area contributed by atoms with Crippen LogP contribution in [0.5, 0.6) is 0 Å². The van der Waals surface area contributed by atoms with Crippen LogP contribution in [-0.4, -0.2) is 61.6 Å². The highest BCUT2D eigenvalue weighted by atomic mass is 16.5. The smallest absolute Gasteiger partial charge is 0.224 e. The van der Waals surface area contributed by atoms with Gasteiger partial charge in [-0.25, -0.2) is 0 Å². The van der Waals surface area contributed by atoms with E-state index in [9.17, 15) is 4.79 Å². The minimum Gasteiger partial charge on any atom is -0.381 e. The number of hydrogen-bond donors (Lipinski definition) is 0. The number of rotatable bonds is 4. The Morgan fingerprint density at radius 1 is 1.33 bits per heavy atom. The zero-order chi connectivity index (χ0) is 13.0. The van der Waals surface area contributed by atoms with Gasteiger partial charge in [-0.3, -0.25) is 4.79 Å². The minimum atomic E-state index is 0.273. The Hall–Kier alpha value is -0.610. The van der Waals surface area contributed by atoms with Gasteiger partial charge in [0, 0.05) is 25.7 Å². The number of hydrogen-bond acceptors (Lipinski definition) is 3. The van der Waals surface area contributed by atoms with E-state index in [1.165, 1.54) is 19.4 Å². The normalized spacial score (nSPS) is 29.1. The molecule has 2 atom stereocenters. The van der Waals surface area contributed by atoms with E-state index in [4.69, 9.17) is 4.74 Å². The van der Waals surface area contributed by atoms with Crippen LogP contribution in [0, 0.1) is 5.92 Å². The summed E-state index contributed by atoms with van der Waals surface area (Å²) >= 11 is 0. The predicted molar refractivity (Wildman–Crippen MR) is 71.4 cm³/mol. The molecule has 0 spiro atoms. The fourth-order valence-corrected chi connectivity index (χ4v) is 3.34. The molecule has 0 N–H and O–H groups in total. The summed E-state index contributed by atoms with van der Waals surface area (Å²) in [6, 6.07) is 0.703. The van der Waals surface area contributed by atoms with E-state index in [2.05, 4.69) is 16.8 Å². The van der Waals surface area contributed by atoms with Gasteiger partial charge in [-0.15, -0.1) is 0 Å². The first kappa shape index (κ1) is 13.8. The third-order valence-electron chi connectivity index (χ3n) is 4.36. The molecule has 0 aromatic rings.